The van der Waals surface area contributed by atoms with E-state index in [1.54, 1.807) is 0 Å². The third-order valence-corrected chi connectivity index (χ3v) is 2.29. The monoisotopic (exact) mass is 181 g/mol. The van der Waals surface area contributed by atoms with Crippen molar-refractivity contribution in [2.75, 3.05) is 0 Å². The van der Waals surface area contributed by atoms with Gasteiger partial charge < -0.3 is 9.94 Å². The van der Waals surface area contributed by atoms with Crippen LogP contribution in [-0.4, -0.2) is 5.11 Å². The maximum Gasteiger partial charge on any atom is 0.314 e. The second-order valence-corrected chi connectivity index (χ2v) is 3.07. The molecule has 62 valence electrons. The minimum absolute atomic E-state index is 0.0637. The Hall–Kier alpha value is -1.13. The average Bonchev–Trinajstić information content (AvgIpc) is 2.53. The molecule has 0 amide bonds. The summed E-state index contributed by atoms with van der Waals surface area (Å²) < 4.78 is 0. The van der Waals surface area contributed by atoms with Crippen molar-refractivity contribution < 1.29 is 9.94 Å². The molecule has 0 unspecified atom stereocenters. The third-order valence-electron chi connectivity index (χ3n) is 1.51. The normalized spacial score (nSPS) is 16.3. The van der Waals surface area contributed by atoms with E-state index in [1.165, 1.54) is 11.9 Å². The molecule has 4 heteroatoms. The first-order chi connectivity index (χ1) is 5.88. The fourth-order valence-electron chi connectivity index (χ4n) is 0.964. The lowest BCUT2D eigenvalue weighted by molar-refractivity contribution is 0.0783. The van der Waals surface area contributed by atoms with E-state index < -0.39 is 0 Å². The smallest absolute Gasteiger partial charge is 0.314 e. The summed E-state index contributed by atoms with van der Waals surface area (Å²) in [5.41, 5.74) is 0.949. The van der Waals surface area contributed by atoms with Crippen LogP contribution < -0.4 is 4.89 Å². The predicted molar refractivity (Wildman–Crippen MR) is 47.8 cm³/mol. The predicted octanol–water partition coefficient (Wildman–Crippen LogP) is 2.05. The zero-order valence-corrected chi connectivity index (χ0v) is 6.97. The Morgan fingerprint density at radius 1 is 1.25 bits per heavy atom. The third kappa shape index (κ3) is 1.26. The number of benzene rings is 1. The molecule has 0 bridgehead atoms. The van der Waals surface area contributed by atoms with Crippen molar-refractivity contribution in [3.8, 4) is 0 Å². The molecule has 2 N–H and O–H groups in total. The molecule has 3 nitrogen and oxygen atoms in total. The lowest BCUT2D eigenvalue weighted by Crippen LogP contribution is -1.93. The van der Waals surface area contributed by atoms with E-state index in [0.717, 1.165) is 10.5 Å². The van der Waals surface area contributed by atoms with Gasteiger partial charge in [-0.25, -0.2) is 0 Å². The highest BCUT2D eigenvalue weighted by Gasteiger charge is 2.17. The van der Waals surface area contributed by atoms with Gasteiger partial charge in [0.15, 0.2) is 0 Å². The molecule has 1 aliphatic heterocycles. The van der Waals surface area contributed by atoms with E-state index in [9.17, 15) is 5.11 Å². The quantitative estimate of drug-likeness (QED) is 0.651. The first kappa shape index (κ1) is 7.52. The van der Waals surface area contributed by atoms with Crippen molar-refractivity contribution in [1.29, 1.82) is 0 Å². The van der Waals surface area contributed by atoms with Gasteiger partial charge in [0.1, 0.15) is 4.91 Å². The lowest BCUT2D eigenvalue weighted by Gasteiger charge is -1.96. The molecule has 1 heterocycles. The first-order valence-corrected chi connectivity index (χ1v) is 4.27. The van der Waals surface area contributed by atoms with Crippen molar-refractivity contribution in [3.63, 3.8) is 0 Å². The number of nitrogens with one attached hydrogen (secondary N) is 1. The summed E-state index contributed by atoms with van der Waals surface area (Å²) in [4.78, 5) is 7.90. The van der Waals surface area contributed by atoms with Gasteiger partial charge >= 0.3 is 5.95 Å². The van der Waals surface area contributed by atoms with Gasteiger partial charge in [-0.3, -0.25) is 0 Å². The van der Waals surface area contributed by atoms with Crippen LogP contribution in [0.25, 0.3) is 4.91 Å². The zero-order chi connectivity index (χ0) is 8.39. The number of aliphatic hydroxyl groups excluding tert-OH is 1. The van der Waals surface area contributed by atoms with Crippen molar-refractivity contribution in [1.82, 2.24) is 4.89 Å². The Morgan fingerprint density at radius 3 is 2.58 bits per heavy atom. The molecule has 0 aliphatic carbocycles. The summed E-state index contributed by atoms with van der Waals surface area (Å²) in [5.74, 6) is -0.0637. The summed E-state index contributed by atoms with van der Waals surface area (Å²) in [6.07, 6.45) is 0. The van der Waals surface area contributed by atoms with Crippen molar-refractivity contribution in [2.45, 2.75) is 0 Å². The number of rotatable bonds is 1. The molecule has 0 saturated heterocycles. The van der Waals surface area contributed by atoms with Gasteiger partial charge in [-0.05, 0) is 5.56 Å². The van der Waals surface area contributed by atoms with Crippen LogP contribution in [0, 0.1) is 0 Å². The molecule has 0 radical (unpaired) electrons. The molecule has 0 atom stereocenters. The number of hydrogen-bond donors (Lipinski definition) is 2. The van der Waals surface area contributed by atoms with Crippen LogP contribution in [0.4, 0.5) is 0 Å². The van der Waals surface area contributed by atoms with E-state index >= 15 is 0 Å². The molecule has 0 spiro atoms. The Bertz CT molecular complexity index is 310. The van der Waals surface area contributed by atoms with Gasteiger partial charge in [0.25, 0.3) is 0 Å². The standard InChI is InChI=1S/C8H7NO2S/c10-8-7(12-9-11-8)6-4-2-1-3-5-6/h1-5,9-10H. The average molecular weight is 181 g/mol. The van der Waals surface area contributed by atoms with E-state index in [0.29, 0.717) is 0 Å². The van der Waals surface area contributed by atoms with Gasteiger partial charge in [-0.15, -0.1) is 0 Å². The molecule has 12 heavy (non-hydrogen) atoms. The Morgan fingerprint density at radius 2 is 2.00 bits per heavy atom. The summed E-state index contributed by atoms with van der Waals surface area (Å²) >= 11 is 1.26. The van der Waals surface area contributed by atoms with Crippen LogP contribution in [0.2, 0.25) is 0 Å². The maximum absolute atomic E-state index is 9.22. The van der Waals surface area contributed by atoms with Crippen LogP contribution in [0.3, 0.4) is 0 Å². The van der Waals surface area contributed by atoms with E-state index in [1.807, 2.05) is 30.3 Å². The molecule has 0 aromatic heterocycles. The highest BCUT2D eigenvalue weighted by Crippen LogP contribution is 2.32. The second kappa shape index (κ2) is 3.08. The fraction of sp³-hybridized carbons (Fsp3) is 0. The molecule has 1 aromatic carbocycles. The van der Waals surface area contributed by atoms with Crippen LogP contribution >= 0.6 is 11.9 Å². The van der Waals surface area contributed by atoms with Gasteiger partial charge in [0.05, 0.1) is 0 Å². The molecule has 1 aromatic rings. The van der Waals surface area contributed by atoms with Crippen molar-refractivity contribution in [2.24, 2.45) is 0 Å². The lowest BCUT2D eigenvalue weighted by atomic mass is 10.2. The van der Waals surface area contributed by atoms with Gasteiger partial charge in [0, 0.05) is 11.9 Å². The van der Waals surface area contributed by atoms with E-state index in [-0.39, 0.29) is 5.95 Å². The molecule has 0 fully saturated rings. The summed E-state index contributed by atoms with van der Waals surface area (Å²) in [5, 5.41) is 9.22. The van der Waals surface area contributed by atoms with Crippen molar-refractivity contribution >= 4 is 16.9 Å². The molecular formula is C8H7NO2S. The Kier molecular flexibility index (Phi) is 1.93. The second-order valence-electron chi connectivity index (χ2n) is 2.29. The van der Waals surface area contributed by atoms with Crippen LogP contribution in [0.5, 0.6) is 0 Å². The highest BCUT2D eigenvalue weighted by molar-refractivity contribution is 8.06. The Labute approximate surface area is 74.1 Å². The molecule has 1 aliphatic rings. The summed E-state index contributed by atoms with van der Waals surface area (Å²) in [7, 11) is 0. The highest BCUT2D eigenvalue weighted by atomic mass is 32.2. The zero-order valence-electron chi connectivity index (χ0n) is 6.15. The van der Waals surface area contributed by atoms with Gasteiger partial charge in [0.2, 0.25) is 0 Å². The molecule has 0 saturated carbocycles. The molecule has 2 rings (SSSR count). The number of hydrogen-bond acceptors (Lipinski definition) is 4. The number of aliphatic hydroxyl groups is 1. The van der Waals surface area contributed by atoms with E-state index in [2.05, 4.69) is 9.72 Å². The maximum atomic E-state index is 9.22. The van der Waals surface area contributed by atoms with Crippen LogP contribution in [0.15, 0.2) is 36.3 Å². The first-order valence-electron chi connectivity index (χ1n) is 3.45. The van der Waals surface area contributed by atoms with Crippen LogP contribution in [-0.2, 0) is 4.84 Å². The largest absolute Gasteiger partial charge is 0.479 e. The molecular weight excluding hydrogens is 174 g/mol. The summed E-state index contributed by atoms with van der Waals surface area (Å²) in [6.45, 7) is 0. The van der Waals surface area contributed by atoms with E-state index in [4.69, 9.17) is 0 Å². The topological polar surface area (TPSA) is 41.5 Å². The Balaban J connectivity index is 2.37. The van der Waals surface area contributed by atoms with Gasteiger partial charge in [-0.2, -0.15) is 0 Å². The minimum Gasteiger partial charge on any atom is -0.479 e. The fourth-order valence-corrected chi connectivity index (χ4v) is 1.55. The minimum atomic E-state index is -0.0637. The van der Waals surface area contributed by atoms with Crippen LogP contribution in [0.1, 0.15) is 5.56 Å². The SMILES string of the molecule is OC1=C(c2ccccc2)SNO1. The van der Waals surface area contributed by atoms with Gasteiger partial charge in [-0.1, -0.05) is 35.2 Å². The summed E-state index contributed by atoms with van der Waals surface area (Å²) in [6, 6.07) is 9.57. The van der Waals surface area contributed by atoms with Crippen molar-refractivity contribution in [3.05, 3.63) is 41.8 Å².